The summed E-state index contributed by atoms with van der Waals surface area (Å²) in [6.45, 7) is 9.58. The van der Waals surface area contributed by atoms with Gasteiger partial charge in [-0.2, -0.15) is 0 Å². The second-order valence-corrected chi connectivity index (χ2v) is 5.08. The number of aromatic nitrogens is 2. The SMILES string of the molecule is CCN(CC)CCCC(C)NC(=O)c1cnc(NC)cn1. The van der Waals surface area contributed by atoms with Crippen LogP contribution in [0.2, 0.25) is 0 Å². The average molecular weight is 293 g/mol. The lowest BCUT2D eigenvalue weighted by atomic mass is 10.1. The third-order valence-electron chi connectivity index (χ3n) is 3.52. The number of anilines is 1. The van der Waals surface area contributed by atoms with E-state index in [0.717, 1.165) is 32.5 Å². The van der Waals surface area contributed by atoms with E-state index in [1.807, 2.05) is 6.92 Å². The van der Waals surface area contributed by atoms with Crippen molar-refractivity contribution in [3.05, 3.63) is 18.1 Å². The Morgan fingerprint density at radius 1 is 1.29 bits per heavy atom. The Hall–Kier alpha value is -1.69. The van der Waals surface area contributed by atoms with Gasteiger partial charge in [-0.15, -0.1) is 0 Å². The predicted molar refractivity (Wildman–Crippen MR) is 85.5 cm³/mol. The van der Waals surface area contributed by atoms with Gasteiger partial charge in [-0.1, -0.05) is 13.8 Å². The lowest BCUT2D eigenvalue weighted by Gasteiger charge is -2.19. The second-order valence-electron chi connectivity index (χ2n) is 5.08. The van der Waals surface area contributed by atoms with E-state index in [9.17, 15) is 4.79 Å². The van der Waals surface area contributed by atoms with Gasteiger partial charge in [0.25, 0.3) is 5.91 Å². The molecular formula is C15H27N5O. The van der Waals surface area contributed by atoms with Gasteiger partial charge in [0.1, 0.15) is 11.5 Å². The van der Waals surface area contributed by atoms with E-state index in [0.29, 0.717) is 11.5 Å². The molecule has 2 N–H and O–H groups in total. The average Bonchev–Trinajstić information content (AvgIpc) is 2.51. The van der Waals surface area contributed by atoms with Gasteiger partial charge in [-0.25, -0.2) is 9.97 Å². The lowest BCUT2D eigenvalue weighted by Crippen LogP contribution is -2.34. The van der Waals surface area contributed by atoms with E-state index in [-0.39, 0.29) is 11.9 Å². The molecule has 6 nitrogen and oxygen atoms in total. The molecule has 1 aromatic heterocycles. The summed E-state index contributed by atoms with van der Waals surface area (Å²) in [5.41, 5.74) is 0.351. The highest BCUT2D eigenvalue weighted by Crippen LogP contribution is 2.03. The van der Waals surface area contributed by atoms with Crippen molar-refractivity contribution in [2.75, 3.05) is 32.0 Å². The summed E-state index contributed by atoms with van der Waals surface area (Å²) in [5, 5.41) is 5.84. The normalized spacial score (nSPS) is 12.2. The first kappa shape index (κ1) is 17.4. The van der Waals surface area contributed by atoms with Crippen LogP contribution in [0.25, 0.3) is 0 Å². The van der Waals surface area contributed by atoms with Gasteiger partial charge in [0, 0.05) is 13.1 Å². The van der Waals surface area contributed by atoms with Crippen LogP contribution in [-0.2, 0) is 0 Å². The summed E-state index contributed by atoms with van der Waals surface area (Å²) in [6.07, 6.45) is 5.08. The van der Waals surface area contributed by atoms with Crippen LogP contribution in [0, 0.1) is 0 Å². The minimum atomic E-state index is -0.166. The summed E-state index contributed by atoms with van der Waals surface area (Å²) in [5.74, 6) is 0.485. The molecular weight excluding hydrogens is 266 g/mol. The highest BCUT2D eigenvalue weighted by atomic mass is 16.1. The molecule has 0 radical (unpaired) electrons. The minimum Gasteiger partial charge on any atom is -0.372 e. The predicted octanol–water partition coefficient (Wildman–Crippen LogP) is 1.76. The van der Waals surface area contributed by atoms with Crippen molar-refractivity contribution < 1.29 is 4.79 Å². The van der Waals surface area contributed by atoms with E-state index >= 15 is 0 Å². The molecule has 0 fully saturated rings. The maximum Gasteiger partial charge on any atom is 0.271 e. The van der Waals surface area contributed by atoms with Crippen LogP contribution in [0.15, 0.2) is 12.4 Å². The molecule has 0 spiro atoms. The maximum absolute atomic E-state index is 12.0. The first-order chi connectivity index (χ1) is 10.1. The van der Waals surface area contributed by atoms with E-state index in [1.165, 1.54) is 6.20 Å². The van der Waals surface area contributed by atoms with Gasteiger partial charge in [0.15, 0.2) is 0 Å². The molecule has 1 atom stereocenters. The van der Waals surface area contributed by atoms with Crippen molar-refractivity contribution >= 4 is 11.7 Å². The fourth-order valence-corrected chi connectivity index (χ4v) is 2.11. The second kappa shape index (κ2) is 9.28. The Morgan fingerprint density at radius 2 is 2.00 bits per heavy atom. The standard InChI is InChI=1S/C15H27N5O/c1-5-20(6-2)9-7-8-12(3)19-15(21)13-10-18-14(16-4)11-17-13/h10-12H,5-9H2,1-4H3,(H,16,18)(H,19,21). The Bertz CT molecular complexity index is 417. The van der Waals surface area contributed by atoms with Crippen molar-refractivity contribution in [3.63, 3.8) is 0 Å². The summed E-state index contributed by atoms with van der Waals surface area (Å²) >= 11 is 0. The molecule has 1 rings (SSSR count). The maximum atomic E-state index is 12.0. The zero-order valence-corrected chi connectivity index (χ0v) is 13.5. The van der Waals surface area contributed by atoms with Gasteiger partial charge in [0.2, 0.25) is 0 Å². The number of amides is 1. The Morgan fingerprint density at radius 3 is 2.52 bits per heavy atom. The summed E-state index contributed by atoms with van der Waals surface area (Å²) in [7, 11) is 1.77. The Balaban J connectivity index is 2.35. The van der Waals surface area contributed by atoms with E-state index in [4.69, 9.17) is 0 Å². The quantitative estimate of drug-likeness (QED) is 0.726. The van der Waals surface area contributed by atoms with Crippen LogP contribution in [0.1, 0.15) is 44.1 Å². The molecule has 1 heterocycles. The van der Waals surface area contributed by atoms with Crippen molar-refractivity contribution in [2.45, 2.75) is 39.7 Å². The molecule has 0 aliphatic rings. The first-order valence-electron chi connectivity index (χ1n) is 7.63. The molecule has 21 heavy (non-hydrogen) atoms. The van der Waals surface area contributed by atoms with Crippen LogP contribution in [0.5, 0.6) is 0 Å². The molecule has 1 aromatic rings. The van der Waals surface area contributed by atoms with Crippen molar-refractivity contribution in [1.29, 1.82) is 0 Å². The van der Waals surface area contributed by atoms with Gasteiger partial charge in [-0.3, -0.25) is 4.79 Å². The van der Waals surface area contributed by atoms with E-state index < -0.39 is 0 Å². The van der Waals surface area contributed by atoms with Gasteiger partial charge < -0.3 is 15.5 Å². The molecule has 118 valence electrons. The Labute approximate surface area is 127 Å². The van der Waals surface area contributed by atoms with E-state index in [2.05, 4.69) is 39.3 Å². The number of carbonyl (C=O) groups is 1. The number of hydrogen-bond donors (Lipinski definition) is 2. The van der Waals surface area contributed by atoms with Gasteiger partial charge in [0.05, 0.1) is 12.4 Å². The summed E-state index contributed by atoms with van der Waals surface area (Å²) in [6, 6.07) is 0.138. The fraction of sp³-hybridized carbons (Fsp3) is 0.667. The minimum absolute atomic E-state index is 0.138. The number of nitrogens with one attached hydrogen (secondary N) is 2. The molecule has 0 saturated carbocycles. The zero-order valence-electron chi connectivity index (χ0n) is 13.5. The number of hydrogen-bond acceptors (Lipinski definition) is 5. The molecule has 0 aliphatic carbocycles. The fourth-order valence-electron chi connectivity index (χ4n) is 2.11. The zero-order chi connectivity index (χ0) is 15.7. The van der Waals surface area contributed by atoms with Crippen molar-refractivity contribution in [1.82, 2.24) is 20.2 Å². The lowest BCUT2D eigenvalue weighted by molar-refractivity contribution is 0.0932. The van der Waals surface area contributed by atoms with Crippen molar-refractivity contribution in [2.24, 2.45) is 0 Å². The molecule has 1 amide bonds. The number of rotatable bonds is 9. The monoisotopic (exact) mass is 293 g/mol. The van der Waals surface area contributed by atoms with Crippen LogP contribution in [0.3, 0.4) is 0 Å². The largest absolute Gasteiger partial charge is 0.372 e. The third-order valence-corrected chi connectivity index (χ3v) is 3.52. The third kappa shape index (κ3) is 6.08. The molecule has 0 saturated heterocycles. The van der Waals surface area contributed by atoms with Gasteiger partial charge in [-0.05, 0) is 39.4 Å². The number of nitrogens with zero attached hydrogens (tertiary/aromatic N) is 3. The molecule has 0 aromatic carbocycles. The number of carbonyl (C=O) groups excluding carboxylic acids is 1. The van der Waals surface area contributed by atoms with Crippen molar-refractivity contribution in [3.8, 4) is 0 Å². The molecule has 6 heteroatoms. The summed E-state index contributed by atoms with van der Waals surface area (Å²) in [4.78, 5) is 22.6. The smallest absolute Gasteiger partial charge is 0.271 e. The van der Waals surface area contributed by atoms with Crippen LogP contribution in [0.4, 0.5) is 5.82 Å². The van der Waals surface area contributed by atoms with E-state index in [1.54, 1.807) is 13.2 Å². The molecule has 0 bridgehead atoms. The van der Waals surface area contributed by atoms with Crippen LogP contribution in [-0.4, -0.2) is 53.5 Å². The highest BCUT2D eigenvalue weighted by molar-refractivity contribution is 5.92. The molecule has 1 unspecified atom stereocenters. The van der Waals surface area contributed by atoms with Crippen LogP contribution >= 0.6 is 0 Å². The highest BCUT2D eigenvalue weighted by Gasteiger charge is 2.11. The van der Waals surface area contributed by atoms with Crippen LogP contribution < -0.4 is 10.6 Å². The topological polar surface area (TPSA) is 70.2 Å². The summed E-state index contributed by atoms with van der Waals surface area (Å²) < 4.78 is 0. The van der Waals surface area contributed by atoms with Gasteiger partial charge >= 0.3 is 0 Å². The first-order valence-corrected chi connectivity index (χ1v) is 7.63. The Kier molecular flexibility index (Phi) is 7.68. The molecule has 0 aliphatic heterocycles.